The number of rotatable bonds is 4. The first-order valence-electron chi connectivity index (χ1n) is 7.36. The van der Waals surface area contributed by atoms with Gasteiger partial charge in [0.15, 0.2) is 0 Å². The number of anilines is 3. The van der Waals surface area contributed by atoms with Crippen LogP contribution in [0.25, 0.3) is 0 Å². The average Bonchev–Trinajstić information content (AvgIpc) is 2.55. The number of pyridine rings is 2. The van der Waals surface area contributed by atoms with E-state index in [1.165, 1.54) is 0 Å². The van der Waals surface area contributed by atoms with Crippen molar-refractivity contribution in [2.75, 3.05) is 47.0 Å². The molecule has 23 heavy (non-hydrogen) atoms. The monoisotopic (exact) mass is 333 g/mol. The van der Waals surface area contributed by atoms with E-state index in [1.54, 1.807) is 18.5 Å². The minimum absolute atomic E-state index is 0.336. The molecule has 0 aliphatic carbocycles. The summed E-state index contributed by atoms with van der Waals surface area (Å²) < 4.78 is 24.7. The number of hydrogen-bond donors (Lipinski definition) is 1. The molecule has 122 valence electrons. The minimum Gasteiger partial charge on any atom is -0.367 e. The lowest BCUT2D eigenvalue weighted by Gasteiger charge is -2.36. The number of nitrogens with one attached hydrogen (secondary N) is 1. The summed E-state index contributed by atoms with van der Waals surface area (Å²) in [4.78, 5) is 13.0. The van der Waals surface area contributed by atoms with Gasteiger partial charge in [0.25, 0.3) is 0 Å². The molecule has 3 heterocycles. The topological polar surface area (TPSA) is 78.4 Å². The smallest absolute Gasteiger partial charge is 0.230 e. The maximum atomic E-state index is 11.2. The fraction of sp³-hybridized carbons (Fsp3) is 0.333. The normalized spacial score (nSPS) is 15.5. The molecule has 0 atom stereocenters. The van der Waals surface area contributed by atoms with Gasteiger partial charge < -0.3 is 9.80 Å². The second-order valence-electron chi connectivity index (χ2n) is 5.44. The number of sulfonamides is 1. The number of hydrogen-bond acceptors (Lipinski definition) is 6. The van der Waals surface area contributed by atoms with Gasteiger partial charge in [0.2, 0.25) is 10.0 Å². The first-order chi connectivity index (χ1) is 11.0. The van der Waals surface area contributed by atoms with Gasteiger partial charge in [-0.05, 0) is 24.3 Å². The van der Waals surface area contributed by atoms with Crippen molar-refractivity contribution in [1.82, 2.24) is 9.97 Å². The molecule has 0 bridgehead atoms. The van der Waals surface area contributed by atoms with Crippen molar-refractivity contribution in [3.05, 3.63) is 42.7 Å². The summed E-state index contributed by atoms with van der Waals surface area (Å²) in [6, 6.07) is 9.49. The fourth-order valence-electron chi connectivity index (χ4n) is 2.56. The second kappa shape index (κ2) is 6.41. The van der Waals surface area contributed by atoms with Crippen LogP contribution in [0.15, 0.2) is 42.7 Å². The fourth-order valence-corrected chi connectivity index (χ4v) is 3.06. The molecule has 1 saturated heterocycles. The Balaban J connectivity index is 1.61. The Morgan fingerprint density at radius 2 is 1.74 bits per heavy atom. The molecule has 1 N–H and O–H groups in total. The molecule has 2 aromatic heterocycles. The Hall–Kier alpha value is -2.35. The Labute approximate surface area is 136 Å². The average molecular weight is 333 g/mol. The van der Waals surface area contributed by atoms with E-state index in [1.807, 2.05) is 24.3 Å². The second-order valence-corrected chi connectivity index (χ2v) is 7.19. The highest BCUT2D eigenvalue weighted by Crippen LogP contribution is 2.19. The Bertz CT molecular complexity index is 741. The highest BCUT2D eigenvalue weighted by molar-refractivity contribution is 7.92. The van der Waals surface area contributed by atoms with Gasteiger partial charge in [0, 0.05) is 32.4 Å². The zero-order chi connectivity index (χ0) is 16.3. The lowest BCUT2D eigenvalue weighted by Crippen LogP contribution is -2.46. The van der Waals surface area contributed by atoms with Gasteiger partial charge in [-0.25, -0.2) is 18.4 Å². The summed E-state index contributed by atoms with van der Waals surface area (Å²) in [5.74, 6) is 1.33. The molecule has 0 saturated carbocycles. The van der Waals surface area contributed by atoms with Crippen LogP contribution in [0, 0.1) is 0 Å². The zero-order valence-electron chi connectivity index (χ0n) is 12.9. The highest BCUT2D eigenvalue weighted by Gasteiger charge is 2.18. The zero-order valence-corrected chi connectivity index (χ0v) is 13.7. The molecule has 8 heteroatoms. The summed E-state index contributed by atoms with van der Waals surface area (Å²) in [7, 11) is -3.29. The summed E-state index contributed by atoms with van der Waals surface area (Å²) in [5, 5.41) is 0. The quantitative estimate of drug-likeness (QED) is 0.905. The highest BCUT2D eigenvalue weighted by atomic mass is 32.2. The first-order valence-corrected chi connectivity index (χ1v) is 9.25. The molecule has 0 radical (unpaired) electrons. The van der Waals surface area contributed by atoms with E-state index in [4.69, 9.17) is 0 Å². The lowest BCUT2D eigenvalue weighted by molar-refractivity contribution is 0.606. The van der Waals surface area contributed by atoms with Crippen LogP contribution in [0.3, 0.4) is 0 Å². The van der Waals surface area contributed by atoms with Crippen molar-refractivity contribution in [2.45, 2.75) is 0 Å². The molecule has 0 spiro atoms. The molecule has 1 aliphatic rings. The predicted octanol–water partition coefficient (Wildman–Crippen LogP) is 1.17. The number of aromatic nitrogens is 2. The van der Waals surface area contributed by atoms with Crippen molar-refractivity contribution >= 4 is 27.3 Å². The van der Waals surface area contributed by atoms with Crippen molar-refractivity contribution in [3.8, 4) is 0 Å². The van der Waals surface area contributed by atoms with E-state index in [-0.39, 0.29) is 0 Å². The molecular formula is C15H19N5O2S. The van der Waals surface area contributed by atoms with E-state index in [9.17, 15) is 8.42 Å². The first kappa shape index (κ1) is 15.5. The van der Waals surface area contributed by atoms with Gasteiger partial charge in [-0.2, -0.15) is 0 Å². The molecule has 0 aromatic carbocycles. The summed E-state index contributed by atoms with van der Waals surface area (Å²) in [6.45, 7) is 3.52. The van der Waals surface area contributed by atoms with Gasteiger partial charge in [0.05, 0.1) is 18.1 Å². The van der Waals surface area contributed by atoms with Crippen LogP contribution in [0.5, 0.6) is 0 Å². The summed E-state index contributed by atoms with van der Waals surface area (Å²) in [5.41, 5.74) is 0.990. The van der Waals surface area contributed by atoms with Crippen molar-refractivity contribution in [3.63, 3.8) is 0 Å². The Kier molecular flexibility index (Phi) is 4.33. The molecule has 3 rings (SSSR count). The van der Waals surface area contributed by atoms with Gasteiger partial charge in [-0.15, -0.1) is 0 Å². The van der Waals surface area contributed by atoms with Crippen molar-refractivity contribution in [2.24, 2.45) is 0 Å². The summed E-state index contributed by atoms with van der Waals surface area (Å²) in [6.07, 6.45) is 4.61. The van der Waals surface area contributed by atoms with Gasteiger partial charge in [-0.1, -0.05) is 6.07 Å². The molecule has 0 unspecified atom stereocenters. The van der Waals surface area contributed by atoms with E-state index in [0.29, 0.717) is 5.82 Å². The third-order valence-electron chi connectivity index (χ3n) is 3.66. The maximum absolute atomic E-state index is 11.2. The van der Waals surface area contributed by atoms with Crippen LogP contribution in [-0.4, -0.2) is 50.8 Å². The molecule has 2 aromatic rings. The van der Waals surface area contributed by atoms with E-state index < -0.39 is 10.0 Å². The lowest BCUT2D eigenvalue weighted by atomic mass is 10.2. The minimum atomic E-state index is -3.29. The van der Waals surface area contributed by atoms with E-state index in [2.05, 4.69) is 24.5 Å². The Morgan fingerprint density at radius 1 is 1.00 bits per heavy atom. The van der Waals surface area contributed by atoms with Crippen LogP contribution < -0.4 is 14.5 Å². The molecular weight excluding hydrogens is 314 g/mol. The number of nitrogens with zero attached hydrogens (tertiary/aromatic N) is 4. The van der Waals surface area contributed by atoms with Crippen molar-refractivity contribution in [1.29, 1.82) is 0 Å². The Morgan fingerprint density at radius 3 is 2.30 bits per heavy atom. The summed E-state index contributed by atoms with van der Waals surface area (Å²) >= 11 is 0. The molecule has 1 aliphatic heterocycles. The molecule has 7 nitrogen and oxygen atoms in total. The van der Waals surface area contributed by atoms with Crippen molar-refractivity contribution < 1.29 is 8.42 Å². The van der Waals surface area contributed by atoms with E-state index in [0.717, 1.165) is 43.9 Å². The van der Waals surface area contributed by atoms with Gasteiger partial charge in [-0.3, -0.25) is 4.72 Å². The van der Waals surface area contributed by atoms with Gasteiger partial charge in [0.1, 0.15) is 11.6 Å². The van der Waals surface area contributed by atoms with E-state index >= 15 is 0 Å². The van der Waals surface area contributed by atoms with Gasteiger partial charge >= 0.3 is 0 Å². The van der Waals surface area contributed by atoms with Crippen LogP contribution >= 0.6 is 0 Å². The van der Waals surface area contributed by atoms with Crippen LogP contribution in [0.1, 0.15) is 0 Å². The maximum Gasteiger partial charge on any atom is 0.230 e. The third kappa shape index (κ3) is 4.10. The third-order valence-corrected chi connectivity index (χ3v) is 4.24. The standard InChI is InChI=1S/C15H19N5O2S/c1-23(21,22)18-14-6-5-13(12-17-14)19-8-10-20(11-9-19)15-4-2-3-7-16-15/h2-7,12H,8-11H2,1H3,(H,17,18). The molecule has 1 fully saturated rings. The van der Waals surface area contributed by atoms with Crippen LogP contribution in [-0.2, 0) is 10.0 Å². The SMILES string of the molecule is CS(=O)(=O)Nc1ccc(N2CCN(c3ccccn3)CC2)cn1. The van der Waals surface area contributed by atoms with Crippen LogP contribution in [0.4, 0.5) is 17.3 Å². The molecule has 0 amide bonds. The largest absolute Gasteiger partial charge is 0.367 e. The predicted molar refractivity (Wildman–Crippen MR) is 91.4 cm³/mol. The van der Waals surface area contributed by atoms with Crippen LogP contribution in [0.2, 0.25) is 0 Å². The number of piperazine rings is 1.